The van der Waals surface area contributed by atoms with Crippen LogP contribution in [0.3, 0.4) is 0 Å². The quantitative estimate of drug-likeness (QED) is 0.633. The number of fused-ring (bicyclic) bond motifs is 1. The summed E-state index contributed by atoms with van der Waals surface area (Å²) in [5.74, 6) is 0.429. The molecule has 0 bridgehead atoms. The van der Waals surface area contributed by atoms with Crippen molar-refractivity contribution in [1.82, 2.24) is 15.0 Å². The molecule has 0 unspecified atom stereocenters. The number of hydrogen-bond acceptors (Lipinski definition) is 5. The van der Waals surface area contributed by atoms with Gasteiger partial charge in [-0.1, -0.05) is 47.1 Å². The van der Waals surface area contributed by atoms with E-state index in [0.717, 1.165) is 11.1 Å². The fraction of sp³-hybridized carbons (Fsp3) is 0.368. The van der Waals surface area contributed by atoms with Crippen molar-refractivity contribution in [1.29, 1.82) is 0 Å². The number of aromatic nitrogens is 2. The number of carbonyl (C=O) groups excluding carboxylic acids is 2. The third-order valence-electron chi connectivity index (χ3n) is 4.93. The van der Waals surface area contributed by atoms with E-state index in [-0.39, 0.29) is 23.7 Å². The van der Waals surface area contributed by atoms with Gasteiger partial charge in [-0.25, -0.2) is 0 Å². The summed E-state index contributed by atoms with van der Waals surface area (Å²) in [7, 11) is 0. The summed E-state index contributed by atoms with van der Waals surface area (Å²) in [5.41, 5.74) is 2.04. The lowest BCUT2D eigenvalue weighted by Crippen LogP contribution is -2.33. The molecule has 4 rings (SSSR count). The Morgan fingerprint density at radius 2 is 1.72 bits per heavy atom. The van der Waals surface area contributed by atoms with Crippen LogP contribution in [-0.4, -0.2) is 33.4 Å². The third-order valence-corrected chi connectivity index (χ3v) is 4.93. The van der Waals surface area contributed by atoms with Crippen LogP contribution in [0.2, 0.25) is 0 Å². The van der Waals surface area contributed by atoms with Crippen LogP contribution in [0.5, 0.6) is 0 Å². The normalized spacial score (nSPS) is 22.5. The van der Waals surface area contributed by atoms with E-state index in [9.17, 15) is 9.59 Å². The maximum atomic E-state index is 12.4. The van der Waals surface area contributed by atoms with Gasteiger partial charge in [0.25, 0.3) is 0 Å². The molecule has 2 atom stereocenters. The fourth-order valence-corrected chi connectivity index (χ4v) is 3.47. The molecule has 0 saturated carbocycles. The number of nitrogens with zero attached hydrogens (tertiary/aromatic N) is 3. The molecule has 1 saturated heterocycles. The molecule has 1 fully saturated rings. The monoisotopic (exact) mass is 337 g/mol. The molecule has 2 aromatic rings. The number of amides is 2. The average Bonchev–Trinajstić information content (AvgIpc) is 3.19. The molecular weight excluding hydrogens is 318 g/mol. The van der Waals surface area contributed by atoms with Gasteiger partial charge in [0.1, 0.15) is 0 Å². The molecule has 1 aromatic heterocycles. The molecule has 0 radical (unpaired) electrons. The molecule has 6 heteroatoms. The van der Waals surface area contributed by atoms with E-state index in [1.54, 1.807) is 0 Å². The highest BCUT2D eigenvalue weighted by Gasteiger charge is 2.46. The summed E-state index contributed by atoms with van der Waals surface area (Å²) in [4.78, 5) is 30.6. The first-order valence-electron chi connectivity index (χ1n) is 8.53. The fourth-order valence-electron chi connectivity index (χ4n) is 3.47. The molecule has 1 aliphatic heterocycles. The number of carbonyl (C=O) groups is 2. The van der Waals surface area contributed by atoms with Crippen molar-refractivity contribution in [2.24, 2.45) is 11.8 Å². The third kappa shape index (κ3) is 2.88. The van der Waals surface area contributed by atoms with Gasteiger partial charge in [-0.3, -0.25) is 14.5 Å². The number of aryl methyl sites for hydroxylation is 1. The van der Waals surface area contributed by atoms with E-state index in [2.05, 4.69) is 10.1 Å². The van der Waals surface area contributed by atoms with E-state index in [1.807, 2.05) is 43.3 Å². The van der Waals surface area contributed by atoms with Crippen molar-refractivity contribution in [3.63, 3.8) is 0 Å². The van der Waals surface area contributed by atoms with Crippen molar-refractivity contribution in [2.45, 2.75) is 26.2 Å². The van der Waals surface area contributed by atoms with Gasteiger partial charge in [0.2, 0.25) is 23.5 Å². The van der Waals surface area contributed by atoms with Gasteiger partial charge >= 0.3 is 0 Å². The predicted octanol–water partition coefficient (Wildman–Crippen LogP) is 2.54. The van der Waals surface area contributed by atoms with Gasteiger partial charge in [0.15, 0.2) is 0 Å². The Labute approximate surface area is 145 Å². The molecular formula is C19H19N3O3. The zero-order valence-corrected chi connectivity index (χ0v) is 14.0. The van der Waals surface area contributed by atoms with Crippen molar-refractivity contribution in [3.05, 3.63) is 47.9 Å². The predicted molar refractivity (Wildman–Crippen MR) is 90.2 cm³/mol. The Morgan fingerprint density at radius 3 is 2.36 bits per heavy atom. The van der Waals surface area contributed by atoms with Crippen molar-refractivity contribution < 1.29 is 14.1 Å². The van der Waals surface area contributed by atoms with Crippen LogP contribution >= 0.6 is 0 Å². The first kappa shape index (κ1) is 15.7. The van der Waals surface area contributed by atoms with Gasteiger partial charge in [0.05, 0.1) is 11.8 Å². The summed E-state index contributed by atoms with van der Waals surface area (Å²) >= 11 is 0. The zero-order valence-electron chi connectivity index (χ0n) is 14.0. The SMILES string of the molecule is Cc1ccc(-c2noc(CCN3C(=O)[C@H]4CC=CC[C@@H]4C3=O)n2)cc1. The van der Waals surface area contributed by atoms with Gasteiger partial charge < -0.3 is 4.52 Å². The molecule has 1 aromatic carbocycles. The highest BCUT2D eigenvalue weighted by molar-refractivity contribution is 6.05. The first-order chi connectivity index (χ1) is 12.1. The number of imide groups is 1. The second-order valence-corrected chi connectivity index (χ2v) is 6.61. The molecule has 0 spiro atoms. The van der Waals surface area contributed by atoms with Gasteiger partial charge in [-0.15, -0.1) is 0 Å². The molecule has 2 amide bonds. The number of hydrogen-bond donors (Lipinski definition) is 0. The Kier molecular flexibility index (Phi) is 3.95. The lowest BCUT2D eigenvalue weighted by Gasteiger charge is -2.14. The van der Waals surface area contributed by atoms with E-state index < -0.39 is 0 Å². The molecule has 1 aliphatic carbocycles. The van der Waals surface area contributed by atoms with Gasteiger partial charge in [0, 0.05) is 18.5 Å². The van der Waals surface area contributed by atoms with Crippen LogP contribution in [0, 0.1) is 18.8 Å². The largest absolute Gasteiger partial charge is 0.339 e. The summed E-state index contributed by atoms with van der Waals surface area (Å²) in [6, 6.07) is 7.86. The molecule has 2 aliphatic rings. The molecule has 128 valence electrons. The standard InChI is InChI=1S/C19H19N3O3/c1-12-6-8-13(9-7-12)17-20-16(25-21-17)10-11-22-18(23)14-4-2-3-5-15(14)19(22)24/h2-3,6-9,14-15H,4-5,10-11H2,1H3/t14-,15-/m0/s1. The van der Waals surface area contributed by atoms with Crippen LogP contribution in [-0.2, 0) is 16.0 Å². The average molecular weight is 337 g/mol. The smallest absolute Gasteiger partial charge is 0.233 e. The Morgan fingerprint density at radius 1 is 1.08 bits per heavy atom. The number of rotatable bonds is 4. The van der Waals surface area contributed by atoms with Gasteiger partial charge in [-0.05, 0) is 19.8 Å². The number of allylic oxidation sites excluding steroid dienone is 2. The Hall–Kier alpha value is -2.76. The molecule has 2 heterocycles. The lowest BCUT2D eigenvalue weighted by atomic mass is 9.85. The summed E-state index contributed by atoms with van der Waals surface area (Å²) < 4.78 is 5.28. The highest BCUT2D eigenvalue weighted by Crippen LogP contribution is 2.35. The number of benzene rings is 1. The van der Waals surface area contributed by atoms with Crippen molar-refractivity contribution >= 4 is 11.8 Å². The summed E-state index contributed by atoms with van der Waals surface area (Å²) in [5, 5.41) is 3.99. The van der Waals surface area contributed by atoms with Crippen molar-refractivity contribution in [2.75, 3.05) is 6.54 Å². The summed E-state index contributed by atoms with van der Waals surface area (Å²) in [6.07, 6.45) is 5.67. The second-order valence-electron chi connectivity index (χ2n) is 6.61. The molecule has 25 heavy (non-hydrogen) atoms. The van der Waals surface area contributed by atoms with Crippen LogP contribution in [0.4, 0.5) is 0 Å². The molecule has 6 nitrogen and oxygen atoms in total. The van der Waals surface area contributed by atoms with E-state index in [1.165, 1.54) is 4.90 Å². The maximum Gasteiger partial charge on any atom is 0.233 e. The Balaban J connectivity index is 1.43. The van der Waals surface area contributed by atoms with Crippen molar-refractivity contribution in [3.8, 4) is 11.4 Å². The lowest BCUT2D eigenvalue weighted by molar-refractivity contribution is -0.139. The minimum atomic E-state index is -0.191. The highest BCUT2D eigenvalue weighted by atomic mass is 16.5. The number of likely N-dealkylation sites (tertiary alicyclic amines) is 1. The van der Waals surface area contributed by atoms with Crippen LogP contribution in [0.15, 0.2) is 40.9 Å². The van der Waals surface area contributed by atoms with Gasteiger partial charge in [-0.2, -0.15) is 4.98 Å². The molecule has 0 N–H and O–H groups in total. The minimum Gasteiger partial charge on any atom is -0.339 e. The first-order valence-corrected chi connectivity index (χ1v) is 8.53. The summed E-state index contributed by atoms with van der Waals surface area (Å²) in [6.45, 7) is 2.31. The Bertz CT molecular complexity index is 812. The zero-order chi connectivity index (χ0) is 17.4. The maximum absolute atomic E-state index is 12.4. The van der Waals surface area contributed by atoms with E-state index in [4.69, 9.17) is 4.52 Å². The topological polar surface area (TPSA) is 76.3 Å². The van der Waals surface area contributed by atoms with Crippen LogP contribution < -0.4 is 0 Å². The van der Waals surface area contributed by atoms with Crippen LogP contribution in [0.25, 0.3) is 11.4 Å². The van der Waals surface area contributed by atoms with E-state index in [0.29, 0.717) is 37.5 Å². The van der Waals surface area contributed by atoms with Crippen LogP contribution in [0.1, 0.15) is 24.3 Å². The minimum absolute atomic E-state index is 0.0716. The second kappa shape index (κ2) is 6.27. The van der Waals surface area contributed by atoms with E-state index >= 15 is 0 Å².